The third kappa shape index (κ3) is 3.08. The van der Waals surface area contributed by atoms with E-state index in [0.717, 1.165) is 22.4 Å². The van der Waals surface area contributed by atoms with Crippen molar-refractivity contribution < 1.29 is 4.79 Å². The van der Waals surface area contributed by atoms with E-state index in [1.165, 1.54) is 0 Å². The maximum absolute atomic E-state index is 12.5. The first-order valence-corrected chi connectivity index (χ1v) is 7.83. The highest BCUT2D eigenvalue weighted by atomic mass is 35.5. The fourth-order valence-corrected chi connectivity index (χ4v) is 2.70. The second kappa shape index (κ2) is 6.05. The quantitative estimate of drug-likeness (QED) is 0.789. The fraction of sp³-hybridized carbons (Fsp3) is 0.222. The second-order valence-corrected chi connectivity index (χ2v) is 6.10. The topological polar surface area (TPSA) is 46.9 Å². The van der Waals surface area contributed by atoms with Crippen molar-refractivity contribution >= 4 is 28.5 Å². The van der Waals surface area contributed by atoms with Crippen molar-refractivity contribution in [2.24, 2.45) is 7.05 Å². The van der Waals surface area contributed by atoms with Crippen LogP contribution >= 0.6 is 11.6 Å². The van der Waals surface area contributed by atoms with Gasteiger partial charge in [0.2, 0.25) is 0 Å². The lowest BCUT2D eigenvalue weighted by Crippen LogP contribution is -2.26. The van der Waals surface area contributed by atoms with Gasteiger partial charge in [-0.05, 0) is 49.7 Å². The molecule has 0 aliphatic heterocycles. The maximum atomic E-state index is 12.5. The Morgan fingerprint density at radius 1 is 1.22 bits per heavy atom. The summed E-state index contributed by atoms with van der Waals surface area (Å²) in [4.78, 5) is 16.9. The molecule has 118 valence electrons. The van der Waals surface area contributed by atoms with Crippen LogP contribution in [0.2, 0.25) is 5.02 Å². The number of rotatable bonds is 3. The average molecular weight is 328 g/mol. The number of carbonyl (C=O) groups is 1. The minimum atomic E-state index is -0.113. The second-order valence-electron chi connectivity index (χ2n) is 5.67. The molecule has 23 heavy (non-hydrogen) atoms. The van der Waals surface area contributed by atoms with E-state index < -0.39 is 0 Å². The minimum absolute atomic E-state index is 0.0964. The van der Waals surface area contributed by atoms with Crippen molar-refractivity contribution in [3.05, 3.63) is 64.4 Å². The molecular weight excluding hydrogens is 310 g/mol. The van der Waals surface area contributed by atoms with Gasteiger partial charge < -0.3 is 9.88 Å². The number of amides is 1. The van der Waals surface area contributed by atoms with Crippen molar-refractivity contribution in [3.63, 3.8) is 0 Å². The Labute approximate surface area is 140 Å². The molecule has 2 aromatic carbocycles. The number of nitrogens with zero attached hydrogens (tertiary/aromatic N) is 2. The Balaban J connectivity index is 1.81. The van der Waals surface area contributed by atoms with E-state index in [1.54, 1.807) is 0 Å². The first kappa shape index (κ1) is 15.6. The van der Waals surface area contributed by atoms with Crippen LogP contribution in [0.25, 0.3) is 11.0 Å². The van der Waals surface area contributed by atoms with Gasteiger partial charge in [-0.3, -0.25) is 4.79 Å². The third-order valence-corrected chi connectivity index (χ3v) is 4.34. The zero-order chi connectivity index (χ0) is 16.6. The molecule has 0 fully saturated rings. The number of nitrogens with one attached hydrogen (secondary N) is 1. The van der Waals surface area contributed by atoms with Crippen LogP contribution in [0.15, 0.2) is 42.5 Å². The van der Waals surface area contributed by atoms with Crippen molar-refractivity contribution in [2.75, 3.05) is 0 Å². The molecule has 1 amide bonds. The summed E-state index contributed by atoms with van der Waals surface area (Å²) >= 11 is 5.89. The summed E-state index contributed by atoms with van der Waals surface area (Å²) in [5.41, 5.74) is 3.47. The first-order valence-electron chi connectivity index (χ1n) is 7.45. The lowest BCUT2D eigenvalue weighted by atomic mass is 10.1. The zero-order valence-corrected chi connectivity index (χ0v) is 14.1. The monoisotopic (exact) mass is 327 g/mol. The molecule has 0 saturated heterocycles. The summed E-state index contributed by atoms with van der Waals surface area (Å²) in [6.07, 6.45) is 0. The summed E-state index contributed by atoms with van der Waals surface area (Å²) in [5, 5.41) is 3.69. The van der Waals surface area contributed by atoms with Crippen molar-refractivity contribution in [1.29, 1.82) is 0 Å². The molecule has 0 unspecified atom stereocenters. The lowest BCUT2D eigenvalue weighted by molar-refractivity contribution is 0.0940. The summed E-state index contributed by atoms with van der Waals surface area (Å²) in [6, 6.07) is 13.0. The van der Waals surface area contributed by atoms with Crippen LogP contribution in [0.1, 0.15) is 34.7 Å². The number of hydrogen-bond acceptors (Lipinski definition) is 2. The molecule has 1 heterocycles. The predicted molar refractivity (Wildman–Crippen MR) is 92.8 cm³/mol. The molecule has 1 atom stereocenters. The smallest absolute Gasteiger partial charge is 0.251 e. The number of aromatic nitrogens is 2. The molecule has 3 aromatic rings. The van der Waals surface area contributed by atoms with Gasteiger partial charge in [0, 0.05) is 17.6 Å². The van der Waals surface area contributed by atoms with Crippen molar-refractivity contribution in [2.45, 2.75) is 19.9 Å². The number of hydrogen-bond donors (Lipinski definition) is 1. The van der Waals surface area contributed by atoms with E-state index >= 15 is 0 Å². The van der Waals surface area contributed by atoms with Crippen molar-refractivity contribution in [1.82, 2.24) is 14.9 Å². The molecule has 0 radical (unpaired) electrons. The number of aryl methyl sites for hydroxylation is 2. The van der Waals surface area contributed by atoms with Gasteiger partial charge in [0.1, 0.15) is 5.82 Å². The minimum Gasteiger partial charge on any atom is -0.346 e. The van der Waals surface area contributed by atoms with E-state index in [0.29, 0.717) is 10.6 Å². The van der Waals surface area contributed by atoms with Gasteiger partial charge in [-0.2, -0.15) is 0 Å². The summed E-state index contributed by atoms with van der Waals surface area (Å²) < 4.78 is 2.01. The Bertz CT molecular complexity index is 868. The number of carbonyl (C=O) groups excluding carboxylic acids is 1. The number of benzene rings is 2. The van der Waals surface area contributed by atoms with Gasteiger partial charge in [0.15, 0.2) is 0 Å². The molecule has 4 nitrogen and oxygen atoms in total. The normalized spacial score (nSPS) is 12.3. The van der Waals surface area contributed by atoms with Crippen molar-refractivity contribution in [3.8, 4) is 0 Å². The molecule has 5 heteroatoms. The van der Waals surface area contributed by atoms with Crippen LogP contribution in [0.5, 0.6) is 0 Å². The van der Waals surface area contributed by atoms with Crippen LogP contribution in [0.4, 0.5) is 0 Å². The Kier molecular flexibility index (Phi) is 4.09. The van der Waals surface area contributed by atoms with E-state index in [-0.39, 0.29) is 11.9 Å². The highest BCUT2D eigenvalue weighted by Crippen LogP contribution is 2.19. The van der Waals surface area contributed by atoms with Gasteiger partial charge in [-0.25, -0.2) is 4.98 Å². The fourth-order valence-electron chi connectivity index (χ4n) is 2.58. The lowest BCUT2D eigenvalue weighted by Gasteiger charge is -2.14. The van der Waals surface area contributed by atoms with Crippen LogP contribution < -0.4 is 5.32 Å². The first-order chi connectivity index (χ1) is 11.0. The van der Waals surface area contributed by atoms with Gasteiger partial charge in [0.25, 0.3) is 5.91 Å². The van der Waals surface area contributed by atoms with Crippen LogP contribution in [-0.2, 0) is 7.05 Å². The van der Waals surface area contributed by atoms with Gasteiger partial charge in [-0.1, -0.05) is 23.7 Å². The van der Waals surface area contributed by atoms with E-state index in [2.05, 4.69) is 10.3 Å². The highest BCUT2D eigenvalue weighted by molar-refractivity contribution is 6.30. The maximum Gasteiger partial charge on any atom is 0.251 e. The Morgan fingerprint density at radius 2 is 1.91 bits per heavy atom. The molecule has 0 aliphatic carbocycles. The molecular formula is C18H18ClN3O. The Morgan fingerprint density at radius 3 is 2.61 bits per heavy atom. The van der Waals surface area contributed by atoms with Crippen LogP contribution in [-0.4, -0.2) is 15.5 Å². The standard InChI is InChI=1S/C18H18ClN3O/c1-11(13-4-7-15(19)8-5-13)20-18(23)14-6-9-17-16(10-14)21-12(2)22(17)3/h4-11H,1-3H3,(H,20,23)/t11-/m0/s1. The van der Waals surface area contributed by atoms with Gasteiger partial charge in [-0.15, -0.1) is 0 Å². The predicted octanol–water partition coefficient (Wildman–Crippen LogP) is 4.03. The molecule has 0 bridgehead atoms. The highest BCUT2D eigenvalue weighted by Gasteiger charge is 2.13. The third-order valence-electron chi connectivity index (χ3n) is 4.08. The molecule has 3 rings (SSSR count). The van der Waals surface area contributed by atoms with E-state index in [9.17, 15) is 4.79 Å². The van der Waals surface area contributed by atoms with E-state index in [1.807, 2.05) is 67.9 Å². The SMILES string of the molecule is Cc1nc2cc(C(=O)N[C@@H](C)c3ccc(Cl)cc3)ccc2n1C. The molecule has 0 saturated carbocycles. The summed E-state index contributed by atoms with van der Waals surface area (Å²) in [6.45, 7) is 3.90. The molecule has 1 N–H and O–H groups in total. The van der Waals surface area contributed by atoms with E-state index in [4.69, 9.17) is 11.6 Å². The molecule has 0 aliphatic rings. The zero-order valence-electron chi connectivity index (χ0n) is 13.3. The molecule has 1 aromatic heterocycles. The van der Waals surface area contributed by atoms with Gasteiger partial charge in [0.05, 0.1) is 17.1 Å². The van der Waals surface area contributed by atoms with Crippen LogP contribution in [0, 0.1) is 6.92 Å². The summed E-state index contributed by atoms with van der Waals surface area (Å²) in [7, 11) is 1.97. The van der Waals surface area contributed by atoms with Gasteiger partial charge >= 0.3 is 0 Å². The summed E-state index contributed by atoms with van der Waals surface area (Å²) in [5.74, 6) is 0.810. The number of imidazole rings is 1. The number of halogens is 1. The van der Waals surface area contributed by atoms with Crippen LogP contribution in [0.3, 0.4) is 0 Å². The largest absolute Gasteiger partial charge is 0.346 e. The Hall–Kier alpha value is -2.33. The molecule has 0 spiro atoms. The number of fused-ring (bicyclic) bond motifs is 1. The average Bonchev–Trinajstić information content (AvgIpc) is 2.82.